The minimum Gasteiger partial charge on any atom is -0.356 e. The molecule has 6 heteroatoms. The van der Waals surface area contributed by atoms with Crippen molar-refractivity contribution in [1.82, 2.24) is 10.1 Å². The number of aromatic nitrogens is 1. The van der Waals surface area contributed by atoms with Gasteiger partial charge in [-0.15, -0.1) is 13.2 Å². The van der Waals surface area contributed by atoms with E-state index in [1.807, 2.05) is 6.92 Å². The van der Waals surface area contributed by atoms with Gasteiger partial charge in [-0.05, 0) is 68.8 Å². The van der Waals surface area contributed by atoms with Crippen LogP contribution < -0.4 is 0 Å². The molecule has 0 aliphatic carbocycles. The summed E-state index contributed by atoms with van der Waals surface area (Å²) in [4.78, 5) is 15.1. The third kappa shape index (κ3) is 4.49. The zero-order valence-corrected chi connectivity index (χ0v) is 17.1. The van der Waals surface area contributed by atoms with Gasteiger partial charge in [0.25, 0.3) is 0 Å². The quantitative estimate of drug-likeness (QED) is 0.395. The van der Waals surface area contributed by atoms with Gasteiger partial charge in [0.15, 0.2) is 11.4 Å². The molecule has 3 aromatic rings. The Morgan fingerprint density at radius 3 is 2.40 bits per heavy atom. The van der Waals surface area contributed by atoms with E-state index in [9.17, 15) is 13.6 Å². The van der Waals surface area contributed by atoms with Crippen molar-refractivity contribution in [2.45, 2.75) is 38.1 Å². The number of carbonyl (C=O) groups excluding carboxylic acids is 1. The van der Waals surface area contributed by atoms with E-state index >= 15 is 0 Å². The molecule has 0 spiro atoms. The van der Waals surface area contributed by atoms with Gasteiger partial charge in [-0.2, -0.15) is 0 Å². The van der Waals surface area contributed by atoms with Gasteiger partial charge in [0.2, 0.25) is 0 Å². The standard InChI is InChI=1S/C22H22F2N2O2.C2H4/c1-2-19(22(27)15-3-5-16(23)6-4-15)26-11-9-14(10-12-26)21-18-8-7-17(24)13-20(18)28-25-21;1-2/h3-8,13-14,19H,2,9-12H2,1H3;1-2H2. The van der Waals surface area contributed by atoms with Gasteiger partial charge in [0.1, 0.15) is 11.6 Å². The second-order valence-corrected chi connectivity index (χ2v) is 7.31. The van der Waals surface area contributed by atoms with Gasteiger partial charge in [-0.25, -0.2) is 8.78 Å². The first-order chi connectivity index (χ1) is 14.6. The highest BCUT2D eigenvalue weighted by Gasteiger charge is 2.31. The summed E-state index contributed by atoms with van der Waals surface area (Å²) in [6, 6.07) is 10.0. The Morgan fingerprint density at radius 1 is 1.13 bits per heavy atom. The first kappa shape index (κ1) is 21.8. The molecule has 0 N–H and O–H groups in total. The zero-order valence-electron chi connectivity index (χ0n) is 17.1. The Hall–Kier alpha value is -2.86. The molecule has 1 aromatic heterocycles. The fourth-order valence-electron chi connectivity index (χ4n) is 4.13. The number of fused-ring (bicyclic) bond motifs is 1. The van der Waals surface area contributed by atoms with Crippen LogP contribution in [-0.4, -0.2) is 35.0 Å². The molecule has 0 bridgehead atoms. The maximum absolute atomic E-state index is 13.4. The molecule has 158 valence electrons. The molecule has 4 nitrogen and oxygen atoms in total. The van der Waals surface area contributed by atoms with Gasteiger partial charge in [0.05, 0.1) is 11.7 Å². The van der Waals surface area contributed by atoms with Gasteiger partial charge >= 0.3 is 0 Å². The number of rotatable bonds is 5. The molecular formula is C24H26F2N2O2. The molecule has 1 unspecified atom stereocenters. The second-order valence-electron chi connectivity index (χ2n) is 7.31. The lowest BCUT2D eigenvalue weighted by Gasteiger charge is -2.36. The molecule has 1 saturated heterocycles. The number of likely N-dealkylation sites (tertiary alicyclic amines) is 1. The Kier molecular flexibility index (Phi) is 7.11. The summed E-state index contributed by atoms with van der Waals surface area (Å²) in [6.07, 6.45) is 2.41. The van der Waals surface area contributed by atoms with E-state index in [-0.39, 0.29) is 29.4 Å². The predicted octanol–water partition coefficient (Wildman–Crippen LogP) is 5.75. The Bertz CT molecular complexity index is 992. The van der Waals surface area contributed by atoms with E-state index in [1.54, 1.807) is 18.2 Å². The minimum atomic E-state index is -0.342. The van der Waals surface area contributed by atoms with E-state index < -0.39 is 0 Å². The van der Waals surface area contributed by atoms with Crippen molar-refractivity contribution in [1.29, 1.82) is 0 Å². The number of hydrogen-bond donors (Lipinski definition) is 0. The van der Waals surface area contributed by atoms with Crippen molar-refractivity contribution >= 4 is 16.8 Å². The number of piperidine rings is 1. The van der Waals surface area contributed by atoms with E-state index in [1.165, 1.54) is 24.3 Å². The third-order valence-corrected chi connectivity index (χ3v) is 5.64. The summed E-state index contributed by atoms with van der Waals surface area (Å²) in [5.74, 6) is -0.426. The van der Waals surface area contributed by atoms with Crippen LogP contribution in [0.25, 0.3) is 11.0 Å². The van der Waals surface area contributed by atoms with Crippen LogP contribution >= 0.6 is 0 Å². The fourth-order valence-corrected chi connectivity index (χ4v) is 4.13. The lowest BCUT2D eigenvalue weighted by Crippen LogP contribution is -2.45. The maximum Gasteiger partial charge on any atom is 0.179 e. The molecule has 30 heavy (non-hydrogen) atoms. The van der Waals surface area contributed by atoms with Crippen molar-refractivity contribution in [3.05, 3.63) is 78.5 Å². The van der Waals surface area contributed by atoms with Crippen molar-refractivity contribution in [2.75, 3.05) is 13.1 Å². The van der Waals surface area contributed by atoms with Crippen molar-refractivity contribution in [3.63, 3.8) is 0 Å². The Morgan fingerprint density at radius 2 is 1.77 bits per heavy atom. The minimum absolute atomic E-state index is 0.0308. The number of hydrogen-bond acceptors (Lipinski definition) is 4. The monoisotopic (exact) mass is 412 g/mol. The highest BCUT2D eigenvalue weighted by Crippen LogP contribution is 2.33. The summed E-state index contributed by atoms with van der Waals surface area (Å²) in [7, 11) is 0. The third-order valence-electron chi connectivity index (χ3n) is 5.64. The van der Waals surface area contributed by atoms with Crippen LogP contribution in [-0.2, 0) is 0 Å². The molecule has 2 aromatic carbocycles. The lowest BCUT2D eigenvalue weighted by molar-refractivity contribution is 0.0761. The van der Waals surface area contributed by atoms with Crippen LogP contribution in [0.5, 0.6) is 0 Å². The summed E-state index contributed by atoms with van der Waals surface area (Å²) in [5, 5.41) is 5.03. The highest BCUT2D eigenvalue weighted by atomic mass is 19.1. The van der Waals surface area contributed by atoms with Crippen LogP contribution in [0.3, 0.4) is 0 Å². The van der Waals surface area contributed by atoms with E-state index in [0.29, 0.717) is 17.6 Å². The van der Waals surface area contributed by atoms with Crippen LogP contribution in [0.15, 0.2) is 60.1 Å². The number of benzene rings is 2. The normalized spacial score (nSPS) is 16.1. The molecule has 1 aliphatic heterocycles. The second kappa shape index (κ2) is 9.76. The molecule has 0 radical (unpaired) electrons. The number of ketones is 1. The van der Waals surface area contributed by atoms with Gasteiger partial charge < -0.3 is 4.52 Å². The van der Waals surface area contributed by atoms with Gasteiger partial charge in [-0.3, -0.25) is 9.69 Å². The van der Waals surface area contributed by atoms with E-state index in [2.05, 4.69) is 23.2 Å². The van der Waals surface area contributed by atoms with E-state index in [4.69, 9.17) is 4.52 Å². The number of nitrogens with zero attached hydrogens (tertiary/aromatic N) is 2. The molecule has 0 amide bonds. The maximum atomic E-state index is 13.4. The molecule has 0 saturated carbocycles. The average Bonchev–Trinajstić information content (AvgIpc) is 3.19. The molecule has 1 fully saturated rings. The number of halogens is 2. The average molecular weight is 412 g/mol. The Balaban J connectivity index is 0.00000124. The Labute approximate surface area is 175 Å². The summed E-state index contributed by atoms with van der Waals surface area (Å²) < 4.78 is 31.8. The zero-order chi connectivity index (χ0) is 21.7. The van der Waals surface area contributed by atoms with Crippen molar-refractivity contribution in [2.24, 2.45) is 0 Å². The highest BCUT2D eigenvalue weighted by molar-refractivity contribution is 6.00. The van der Waals surface area contributed by atoms with Gasteiger partial charge in [0, 0.05) is 22.9 Å². The number of Topliss-reactive ketones (excluding diaryl/α,β-unsaturated/α-hetero) is 1. The summed E-state index contributed by atoms with van der Waals surface area (Å²) in [5.41, 5.74) is 1.88. The van der Waals surface area contributed by atoms with Crippen LogP contribution in [0.2, 0.25) is 0 Å². The molecule has 2 heterocycles. The van der Waals surface area contributed by atoms with Gasteiger partial charge in [-0.1, -0.05) is 12.1 Å². The summed E-state index contributed by atoms with van der Waals surface area (Å²) in [6.45, 7) is 9.54. The smallest absolute Gasteiger partial charge is 0.179 e. The topological polar surface area (TPSA) is 46.3 Å². The molecular weight excluding hydrogens is 386 g/mol. The molecule has 1 aliphatic rings. The number of carbonyl (C=O) groups is 1. The summed E-state index contributed by atoms with van der Waals surface area (Å²) >= 11 is 0. The molecule has 1 atom stereocenters. The van der Waals surface area contributed by atoms with Crippen LogP contribution in [0, 0.1) is 11.6 Å². The van der Waals surface area contributed by atoms with Crippen LogP contribution in [0.1, 0.15) is 48.2 Å². The predicted molar refractivity (Wildman–Crippen MR) is 114 cm³/mol. The lowest BCUT2D eigenvalue weighted by atomic mass is 9.89. The fraction of sp³-hybridized carbons (Fsp3) is 0.333. The van der Waals surface area contributed by atoms with Crippen molar-refractivity contribution in [3.8, 4) is 0 Å². The first-order valence-corrected chi connectivity index (χ1v) is 10.2. The first-order valence-electron chi connectivity index (χ1n) is 10.2. The molecule has 4 rings (SSSR count). The SMILES string of the molecule is C=C.CCC(C(=O)c1ccc(F)cc1)N1CCC(c2noc3cc(F)ccc23)CC1. The van der Waals surface area contributed by atoms with Crippen molar-refractivity contribution < 1.29 is 18.1 Å². The van der Waals surface area contributed by atoms with Crippen LogP contribution in [0.4, 0.5) is 8.78 Å². The largest absolute Gasteiger partial charge is 0.356 e. The van der Waals surface area contributed by atoms with E-state index in [0.717, 1.165) is 37.0 Å².